The van der Waals surface area contributed by atoms with Crippen LogP contribution in [0.5, 0.6) is 0 Å². The molecule has 1 amide bonds. The van der Waals surface area contributed by atoms with E-state index in [9.17, 15) is 4.79 Å². The van der Waals surface area contributed by atoms with Gasteiger partial charge in [-0.05, 0) is 31.5 Å². The summed E-state index contributed by atoms with van der Waals surface area (Å²) in [6, 6.07) is 8.79. The summed E-state index contributed by atoms with van der Waals surface area (Å²) in [5.41, 5.74) is 1.04. The van der Waals surface area contributed by atoms with Crippen LogP contribution < -0.4 is 0 Å². The molecule has 0 N–H and O–H groups in total. The highest BCUT2D eigenvalue weighted by atomic mass is 16.5. The van der Waals surface area contributed by atoms with Crippen molar-refractivity contribution in [2.45, 2.75) is 19.6 Å². The van der Waals surface area contributed by atoms with Crippen molar-refractivity contribution in [3.05, 3.63) is 35.4 Å². The molecule has 1 heterocycles. The Morgan fingerprint density at radius 2 is 2.41 bits per heavy atom. The number of carbonyl (C=O) groups is 1. The predicted molar refractivity (Wildman–Crippen MR) is 62.2 cm³/mol. The van der Waals surface area contributed by atoms with Gasteiger partial charge in [0.25, 0.3) is 5.91 Å². The van der Waals surface area contributed by atoms with Crippen molar-refractivity contribution < 1.29 is 9.53 Å². The maximum atomic E-state index is 12.2. The van der Waals surface area contributed by atoms with E-state index in [0.717, 1.165) is 6.42 Å². The van der Waals surface area contributed by atoms with Crippen molar-refractivity contribution in [1.29, 1.82) is 5.26 Å². The Labute approximate surface area is 100 Å². The minimum absolute atomic E-state index is 0.0747. The lowest BCUT2D eigenvalue weighted by Crippen LogP contribution is -2.44. The summed E-state index contributed by atoms with van der Waals surface area (Å²) in [6.07, 6.45) is 0.663. The molecular weight excluding hydrogens is 216 g/mol. The van der Waals surface area contributed by atoms with Crippen LogP contribution in [0.3, 0.4) is 0 Å². The van der Waals surface area contributed by atoms with Crippen LogP contribution in [0.1, 0.15) is 29.3 Å². The van der Waals surface area contributed by atoms with E-state index in [4.69, 9.17) is 10.00 Å². The number of ether oxygens (including phenoxy) is 1. The number of benzene rings is 1. The number of nitrogens with zero attached hydrogens (tertiary/aromatic N) is 2. The second-order valence-electron chi connectivity index (χ2n) is 4.01. The molecule has 0 aliphatic carbocycles. The highest BCUT2D eigenvalue weighted by Crippen LogP contribution is 2.15. The fourth-order valence-corrected chi connectivity index (χ4v) is 1.91. The summed E-state index contributed by atoms with van der Waals surface area (Å²) in [7, 11) is 0. The molecule has 1 unspecified atom stereocenters. The van der Waals surface area contributed by atoms with Crippen LogP contribution in [0.15, 0.2) is 24.3 Å². The third kappa shape index (κ3) is 2.45. The Morgan fingerprint density at radius 1 is 1.59 bits per heavy atom. The molecule has 17 heavy (non-hydrogen) atoms. The number of nitriles is 1. The van der Waals surface area contributed by atoms with Crippen molar-refractivity contribution in [2.24, 2.45) is 0 Å². The lowest BCUT2D eigenvalue weighted by Gasteiger charge is -2.33. The molecule has 88 valence electrons. The molecule has 1 aromatic carbocycles. The zero-order valence-corrected chi connectivity index (χ0v) is 9.72. The third-order valence-electron chi connectivity index (χ3n) is 2.84. The van der Waals surface area contributed by atoms with Crippen LogP contribution in [0, 0.1) is 11.3 Å². The number of amides is 1. The van der Waals surface area contributed by atoms with Crippen LogP contribution in [0.4, 0.5) is 0 Å². The van der Waals surface area contributed by atoms with Gasteiger partial charge in [-0.2, -0.15) is 5.26 Å². The first-order valence-corrected chi connectivity index (χ1v) is 5.65. The minimum atomic E-state index is -0.193. The molecular formula is C13H14N2O2. The number of carbonyl (C=O) groups excluding carboxylic acids is 1. The quantitative estimate of drug-likeness (QED) is 0.738. The van der Waals surface area contributed by atoms with Gasteiger partial charge in [0.05, 0.1) is 18.2 Å². The van der Waals surface area contributed by atoms with Crippen LogP contribution in [0.25, 0.3) is 0 Å². The monoisotopic (exact) mass is 230 g/mol. The van der Waals surface area contributed by atoms with Crippen molar-refractivity contribution in [1.82, 2.24) is 4.90 Å². The fraction of sp³-hybridized carbons (Fsp3) is 0.385. The van der Waals surface area contributed by atoms with E-state index >= 15 is 0 Å². The van der Waals surface area contributed by atoms with Gasteiger partial charge in [0, 0.05) is 12.1 Å². The summed E-state index contributed by atoms with van der Waals surface area (Å²) >= 11 is 0. The Bertz CT molecular complexity index is 465. The van der Waals surface area contributed by atoms with Crippen LogP contribution >= 0.6 is 0 Å². The molecule has 1 fully saturated rings. The second kappa shape index (κ2) is 4.98. The van der Waals surface area contributed by atoms with Crippen LogP contribution in [-0.4, -0.2) is 30.2 Å². The second-order valence-corrected chi connectivity index (χ2v) is 4.01. The van der Waals surface area contributed by atoms with E-state index in [1.54, 1.807) is 29.2 Å². The maximum absolute atomic E-state index is 12.2. The Balaban J connectivity index is 2.21. The molecule has 0 saturated carbocycles. The number of rotatable bonds is 1. The van der Waals surface area contributed by atoms with E-state index in [1.165, 1.54) is 0 Å². The van der Waals surface area contributed by atoms with Crippen molar-refractivity contribution >= 4 is 5.91 Å². The molecule has 1 atom stereocenters. The van der Waals surface area contributed by atoms with Gasteiger partial charge in [-0.3, -0.25) is 4.79 Å². The zero-order valence-electron chi connectivity index (χ0n) is 9.72. The SMILES string of the molecule is CC1OCCCN1C(=O)c1cccc(C#N)c1. The first-order chi connectivity index (χ1) is 8.22. The molecule has 1 aromatic rings. The summed E-state index contributed by atoms with van der Waals surface area (Å²) in [4.78, 5) is 13.9. The average molecular weight is 230 g/mol. The summed E-state index contributed by atoms with van der Waals surface area (Å²) < 4.78 is 5.43. The molecule has 4 nitrogen and oxygen atoms in total. The number of hydrogen-bond donors (Lipinski definition) is 0. The first kappa shape index (κ1) is 11.6. The molecule has 2 rings (SSSR count). The van der Waals surface area contributed by atoms with Gasteiger partial charge in [0.15, 0.2) is 0 Å². The highest BCUT2D eigenvalue weighted by molar-refractivity contribution is 5.94. The standard InChI is InChI=1S/C13H14N2O2/c1-10-15(6-3-7-17-10)13(16)12-5-2-4-11(8-12)9-14/h2,4-5,8,10H,3,6-7H2,1H3. The van der Waals surface area contributed by atoms with E-state index in [2.05, 4.69) is 0 Å². The van der Waals surface area contributed by atoms with Gasteiger partial charge in [-0.1, -0.05) is 6.07 Å². The fourth-order valence-electron chi connectivity index (χ4n) is 1.91. The Kier molecular flexibility index (Phi) is 3.40. The minimum Gasteiger partial charge on any atom is -0.359 e. The van der Waals surface area contributed by atoms with Gasteiger partial charge >= 0.3 is 0 Å². The third-order valence-corrected chi connectivity index (χ3v) is 2.84. The highest BCUT2D eigenvalue weighted by Gasteiger charge is 2.24. The summed E-state index contributed by atoms with van der Waals surface area (Å²) in [5.74, 6) is -0.0747. The molecule has 0 bridgehead atoms. The van der Waals surface area contributed by atoms with E-state index in [1.807, 2.05) is 13.0 Å². The van der Waals surface area contributed by atoms with Gasteiger partial charge in [0.1, 0.15) is 6.23 Å². The molecule has 0 spiro atoms. The van der Waals surface area contributed by atoms with E-state index in [0.29, 0.717) is 24.3 Å². The molecule has 4 heteroatoms. The lowest BCUT2D eigenvalue weighted by molar-refractivity contribution is -0.0661. The van der Waals surface area contributed by atoms with E-state index in [-0.39, 0.29) is 12.1 Å². The predicted octanol–water partition coefficient (Wildman–Crippen LogP) is 1.77. The van der Waals surface area contributed by atoms with Crippen LogP contribution in [-0.2, 0) is 4.74 Å². The lowest BCUT2D eigenvalue weighted by atomic mass is 10.1. The van der Waals surface area contributed by atoms with Gasteiger partial charge in [-0.25, -0.2) is 0 Å². The molecule has 1 saturated heterocycles. The van der Waals surface area contributed by atoms with Crippen molar-refractivity contribution in [3.63, 3.8) is 0 Å². The van der Waals surface area contributed by atoms with E-state index < -0.39 is 0 Å². The topological polar surface area (TPSA) is 53.3 Å². The zero-order chi connectivity index (χ0) is 12.3. The maximum Gasteiger partial charge on any atom is 0.255 e. The first-order valence-electron chi connectivity index (χ1n) is 5.65. The van der Waals surface area contributed by atoms with Crippen molar-refractivity contribution in [3.8, 4) is 6.07 Å². The number of hydrogen-bond acceptors (Lipinski definition) is 3. The summed E-state index contributed by atoms with van der Waals surface area (Å²) in [6.45, 7) is 3.27. The van der Waals surface area contributed by atoms with Crippen molar-refractivity contribution in [2.75, 3.05) is 13.2 Å². The molecule has 0 aromatic heterocycles. The van der Waals surface area contributed by atoms with Gasteiger partial charge in [0.2, 0.25) is 0 Å². The Morgan fingerprint density at radius 3 is 3.12 bits per heavy atom. The molecule has 1 aliphatic heterocycles. The average Bonchev–Trinajstić information content (AvgIpc) is 2.38. The van der Waals surface area contributed by atoms with Gasteiger partial charge < -0.3 is 9.64 Å². The largest absolute Gasteiger partial charge is 0.359 e. The summed E-state index contributed by atoms with van der Waals surface area (Å²) in [5, 5.41) is 8.81. The molecule has 1 aliphatic rings. The Hall–Kier alpha value is -1.86. The normalized spacial score (nSPS) is 19.8. The van der Waals surface area contributed by atoms with Gasteiger partial charge in [-0.15, -0.1) is 0 Å². The van der Waals surface area contributed by atoms with Crippen LogP contribution in [0.2, 0.25) is 0 Å². The smallest absolute Gasteiger partial charge is 0.255 e. The molecule has 0 radical (unpaired) electrons.